The molecule has 22 heavy (non-hydrogen) atoms. The highest BCUT2D eigenvalue weighted by molar-refractivity contribution is 9.10. The van der Waals surface area contributed by atoms with E-state index in [0.29, 0.717) is 0 Å². The predicted molar refractivity (Wildman–Crippen MR) is 96.0 cm³/mol. The van der Waals surface area contributed by atoms with Crippen molar-refractivity contribution in [2.75, 3.05) is 6.54 Å². The van der Waals surface area contributed by atoms with Gasteiger partial charge in [0.05, 0.1) is 17.9 Å². The summed E-state index contributed by atoms with van der Waals surface area (Å²) in [5.74, 6) is 0. The van der Waals surface area contributed by atoms with E-state index < -0.39 is 0 Å². The number of aryl methyl sites for hydroxylation is 1. The topological polar surface area (TPSA) is 63.0 Å². The third-order valence-corrected chi connectivity index (χ3v) is 4.34. The molecular weight excluding hydrogens is 391 g/mol. The van der Waals surface area contributed by atoms with Crippen LogP contribution in [0.25, 0.3) is 11.2 Å². The molecule has 3 rings (SSSR count). The number of halogens is 3. The molecule has 0 unspecified atom stereocenters. The lowest BCUT2D eigenvalue weighted by Crippen LogP contribution is -2.44. The van der Waals surface area contributed by atoms with Crippen molar-refractivity contribution < 1.29 is 5.11 Å². The van der Waals surface area contributed by atoms with Crippen molar-refractivity contribution in [3.63, 3.8) is 0 Å². The summed E-state index contributed by atoms with van der Waals surface area (Å²) < 4.78 is 3.10. The molecule has 1 fully saturated rings. The molecule has 0 aromatic carbocycles. The second-order valence-electron chi connectivity index (χ2n) is 5.35. The Morgan fingerprint density at radius 1 is 1.36 bits per heavy atom. The van der Waals surface area contributed by atoms with Gasteiger partial charge in [-0.25, -0.2) is 9.97 Å². The lowest BCUT2D eigenvalue weighted by atomic mass is 9.97. The fraction of sp³-hybridized carbons (Fsp3) is 0.571. The molecule has 2 N–H and O–H groups in total. The molecule has 1 aliphatic heterocycles. The zero-order chi connectivity index (χ0) is 13.9. The summed E-state index contributed by atoms with van der Waals surface area (Å²) in [7, 11) is 0. The summed E-state index contributed by atoms with van der Waals surface area (Å²) in [4.78, 5) is 8.59. The Bertz CT molecular complexity index is 595. The number of piperidine rings is 1. The van der Waals surface area contributed by atoms with Gasteiger partial charge in [0.15, 0.2) is 5.65 Å². The molecule has 5 nitrogen and oxygen atoms in total. The number of hydrogen-bond donors (Lipinski definition) is 2. The molecule has 124 valence electrons. The molecule has 0 saturated carbocycles. The molecule has 2 atom stereocenters. The number of aromatic nitrogens is 3. The normalized spacial score (nSPS) is 21.2. The lowest BCUT2D eigenvalue weighted by molar-refractivity contribution is 0.0909. The number of imidazole rings is 1. The Morgan fingerprint density at radius 3 is 2.95 bits per heavy atom. The second kappa shape index (κ2) is 9.03. The van der Waals surface area contributed by atoms with Crippen LogP contribution in [0.3, 0.4) is 0 Å². The van der Waals surface area contributed by atoms with Crippen LogP contribution in [0.15, 0.2) is 23.1 Å². The van der Waals surface area contributed by atoms with Gasteiger partial charge in [-0.05, 0) is 54.2 Å². The number of nitrogens with zero attached hydrogens (tertiary/aromatic N) is 3. The van der Waals surface area contributed by atoms with Crippen LogP contribution < -0.4 is 5.32 Å². The zero-order valence-corrected chi connectivity index (χ0v) is 15.3. The third kappa shape index (κ3) is 4.55. The van der Waals surface area contributed by atoms with Gasteiger partial charge >= 0.3 is 0 Å². The maximum absolute atomic E-state index is 9.94. The maximum atomic E-state index is 9.94. The molecular formula is C14H21BrCl2N4O. The summed E-state index contributed by atoms with van der Waals surface area (Å²) in [5.41, 5.74) is 1.83. The molecule has 1 aliphatic rings. The fourth-order valence-electron chi connectivity index (χ4n) is 2.81. The Kier molecular flexibility index (Phi) is 8.07. The molecule has 0 amide bonds. The third-order valence-electron chi connectivity index (χ3n) is 3.90. The SMILES string of the molecule is Cl.Cl.O[C@H]1CCCN[C@@H]1CCCn1cnc2ncc(Br)cc21. The summed E-state index contributed by atoms with van der Waals surface area (Å²) >= 11 is 3.44. The molecule has 0 aliphatic carbocycles. The fourth-order valence-corrected chi connectivity index (χ4v) is 3.13. The highest BCUT2D eigenvalue weighted by Crippen LogP contribution is 2.18. The van der Waals surface area contributed by atoms with Gasteiger partial charge in [-0.15, -0.1) is 24.8 Å². The number of aliphatic hydroxyl groups excluding tert-OH is 1. The summed E-state index contributed by atoms with van der Waals surface area (Å²) in [6.45, 7) is 1.92. The number of hydrogen-bond acceptors (Lipinski definition) is 4. The molecule has 0 radical (unpaired) electrons. The van der Waals surface area contributed by atoms with Crippen molar-refractivity contribution in [2.24, 2.45) is 0 Å². The molecule has 1 saturated heterocycles. The molecule has 8 heteroatoms. The minimum atomic E-state index is -0.195. The first-order valence-electron chi connectivity index (χ1n) is 7.12. The van der Waals surface area contributed by atoms with Gasteiger partial charge in [0.2, 0.25) is 0 Å². The van der Waals surface area contributed by atoms with E-state index in [2.05, 4.69) is 35.8 Å². The average Bonchev–Trinajstić information content (AvgIpc) is 2.83. The molecule has 0 bridgehead atoms. The maximum Gasteiger partial charge on any atom is 0.177 e. The van der Waals surface area contributed by atoms with Crippen LogP contribution >= 0.6 is 40.7 Å². The Balaban J connectivity index is 0.00000121. The van der Waals surface area contributed by atoms with Gasteiger partial charge in [0.25, 0.3) is 0 Å². The van der Waals surface area contributed by atoms with Gasteiger partial charge < -0.3 is 15.0 Å². The molecule has 2 aromatic rings. The summed E-state index contributed by atoms with van der Waals surface area (Å²) in [5, 5.41) is 13.3. The van der Waals surface area contributed by atoms with Crippen molar-refractivity contribution in [1.82, 2.24) is 19.9 Å². The largest absolute Gasteiger partial charge is 0.392 e. The molecule has 0 spiro atoms. The number of nitrogens with one attached hydrogen (secondary N) is 1. The van der Waals surface area contributed by atoms with E-state index in [9.17, 15) is 5.11 Å². The quantitative estimate of drug-likeness (QED) is 0.811. The molecule has 3 heterocycles. The van der Waals surface area contributed by atoms with E-state index in [1.165, 1.54) is 0 Å². The Labute approximate surface area is 150 Å². The van der Waals surface area contributed by atoms with Crippen molar-refractivity contribution in [3.8, 4) is 0 Å². The lowest BCUT2D eigenvalue weighted by Gasteiger charge is -2.28. The minimum Gasteiger partial charge on any atom is -0.392 e. The first-order chi connectivity index (χ1) is 9.74. The van der Waals surface area contributed by atoms with Crippen molar-refractivity contribution in [3.05, 3.63) is 23.1 Å². The van der Waals surface area contributed by atoms with Crippen LogP contribution in [0, 0.1) is 0 Å². The van der Waals surface area contributed by atoms with E-state index in [1.807, 2.05) is 12.4 Å². The average molecular weight is 412 g/mol. The van der Waals surface area contributed by atoms with Crippen molar-refractivity contribution >= 4 is 51.9 Å². The minimum absolute atomic E-state index is 0. The number of pyridine rings is 1. The van der Waals surface area contributed by atoms with Gasteiger partial charge in [-0.1, -0.05) is 0 Å². The van der Waals surface area contributed by atoms with Crippen LogP contribution in [0.5, 0.6) is 0 Å². The Morgan fingerprint density at radius 2 is 2.18 bits per heavy atom. The standard InChI is InChI=1S/C14H19BrN4O.2ClH/c15-10-7-12-14(17-8-10)18-9-19(12)6-2-3-11-13(20)4-1-5-16-11;;/h7-9,11,13,16,20H,1-6H2;2*1H/t11-,13+;;/m1../s1. The van der Waals surface area contributed by atoms with E-state index >= 15 is 0 Å². The van der Waals surface area contributed by atoms with Gasteiger partial charge in [-0.3, -0.25) is 0 Å². The van der Waals surface area contributed by atoms with Crippen LogP contribution in [0.4, 0.5) is 0 Å². The monoisotopic (exact) mass is 410 g/mol. The van der Waals surface area contributed by atoms with Gasteiger partial charge in [-0.2, -0.15) is 0 Å². The van der Waals surface area contributed by atoms with E-state index in [0.717, 1.165) is 54.4 Å². The van der Waals surface area contributed by atoms with Crippen molar-refractivity contribution in [2.45, 2.75) is 44.4 Å². The van der Waals surface area contributed by atoms with Gasteiger partial charge in [0.1, 0.15) is 0 Å². The van der Waals surface area contributed by atoms with E-state index in [-0.39, 0.29) is 37.0 Å². The first kappa shape index (κ1) is 19.6. The summed E-state index contributed by atoms with van der Waals surface area (Å²) in [6, 6.07) is 2.28. The highest BCUT2D eigenvalue weighted by Gasteiger charge is 2.21. The zero-order valence-electron chi connectivity index (χ0n) is 12.1. The highest BCUT2D eigenvalue weighted by atomic mass is 79.9. The number of aliphatic hydroxyl groups is 1. The van der Waals surface area contributed by atoms with Crippen LogP contribution in [-0.4, -0.2) is 38.3 Å². The number of fused-ring (bicyclic) bond motifs is 1. The first-order valence-corrected chi connectivity index (χ1v) is 7.91. The van der Waals surface area contributed by atoms with Crippen LogP contribution in [0.2, 0.25) is 0 Å². The molecule has 2 aromatic heterocycles. The smallest absolute Gasteiger partial charge is 0.177 e. The van der Waals surface area contributed by atoms with Gasteiger partial charge in [0, 0.05) is 23.3 Å². The Hall–Kier alpha value is -0.400. The van der Waals surface area contributed by atoms with Crippen molar-refractivity contribution in [1.29, 1.82) is 0 Å². The predicted octanol–water partition coefficient (Wildman–Crippen LogP) is 2.93. The second-order valence-corrected chi connectivity index (χ2v) is 6.26. The summed E-state index contributed by atoms with van der Waals surface area (Å²) in [6.07, 6.45) is 7.41. The number of rotatable bonds is 4. The van der Waals surface area contributed by atoms with E-state index in [1.54, 1.807) is 6.20 Å². The van der Waals surface area contributed by atoms with Crippen LogP contribution in [-0.2, 0) is 6.54 Å². The van der Waals surface area contributed by atoms with Crippen LogP contribution in [0.1, 0.15) is 25.7 Å². The van der Waals surface area contributed by atoms with E-state index in [4.69, 9.17) is 0 Å².